The van der Waals surface area contributed by atoms with Crippen LogP contribution in [0.2, 0.25) is 0 Å². The van der Waals surface area contributed by atoms with Crippen molar-refractivity contribution in [2.75, 3.05) is 0 Å². The first-order valence-electron chi connectivity index (χ1n) is 5.39. The van der Waals surface area contributed by atoms with Crippen LogP contribution in [-0.4, -0.2) is 6.16 Å². The van der Waals surface area contributed by atoms with E-state index >= 15 is 0 Å². The van der Waals surface area contributed by atoms with Gasteiger partial charge in [-0.05, 0) is 18.2 Å². The van der Waals surface area contributed by atoms with Crippen molar-refractivity contribution in [2.45, 2.75) is 6.61 Å². The third-order valence-corrected chi connectivity index (χ3v) is 2.25. The molecule has 0 amide bonds. The minimum atomic E-state index is -0.857. The second kappa shape index (κ2) is 5.82. The Balaban J connectivity index is 1.88. The molecule has 2 aromatic carbocycles. The van der Waals surface area contributed by atoms with Crippen molar-refractivity contribution in [3.63, 3.8) is 0 Å². The van der Waals surface area contributed by atoms with E-state index in [1.54, 1.807) is 48.5 Å². The lowest BCUT2D eigenvalue weighted by Crippen LogP contribution is -2.10. The summed E-state index contributed by atoms with van der Waals surface area (Å²) in [5.74, 6) is -0.0268. The van der Waals surface area contributed by atoms with E-state index in [0.717, 1.165) is 0 Å². The van der Waals surface area contributed by atoms with Crippen molar-refractivity contribution in [1.29, 1.82) is 0 Å². The molecule has 0 bridgehead atoms. The third kappa shape index (κ3) is 3.31. The predicted octanol–water partition coefficient (Wildman–Crippen LogP) is 3.54. The lowest BCUT2D eigenvalue weighted by Gasteiger charge is -2.06. The van der Waals surface area contributed by atoms with Crippen molar-refractivity contribution in [1.82, 2.24) is 0 Å². The number of halogens is 1. The smallest absolute Gasteiger partial charge is 0.429 e. The standard InChI is InChI=1S/C14H11FO3/c15-13-9-5-4-6-11(13)10-17-14(16)18-12-7-2-1-3-8-12/h1-9H,10H2. The number of rotatable bonds is 3. The highest BCUT2D eigenvalue weighted by molar-refractivity contribution is 5.63. The molecule has 18 heavy (non-hydrogen) atoms. The van der Waals surface area contributed by atoms with Crippen LogP contribution in [-0.2, 0) is 11.3 Å². The van der Waals surface area contributed by atoms with E-state index in [2.05, 4.69) is 0 Å². The highest BCUT2D eigenvalue weighted by atomic mass is 19.1. The zero-order valence-corrected chi connectivity index (χ0v) is 9.51. The maximum Gasteiger partial charge on any atom is 0.514 e. The van der Waals surface area contributed by atoms with Crippen molar-refractivity contribution < 1.29 is 18.7 Å². The molecule has 0 heterocycles. The maximum atomic E-state index is 13.2. The van der Waals surface area contributed by atoms with Crippen LogP contribution in [0.3, 0.4) is 0 Å². The highest BCUT2D eigenvalue weighted by Crippen LogP contribution is 2.11. The summed E-state index contributed by atoms with van der Waals surface area (Å²) in [6.45, 7) is -0.154. The quantitative estimate of drug-likeness (QED) is 0.613. The van der Waals surface area contributed by atoms with Gasteiger partial charge >= 0.3 is 6.16 Å². The van der Waals surface area contributed by atoms with Gasteiger partial charge in [-0.1, -0.05) is 36.4 Å². The Morgan fingerprint density at radius 1 is 1.00 bits per heavy atom. The Labute approximate surface area is 104 Å². The van der Waals surface area contributed by atoms with E-state index in [-0.39, 0.29) is 6.61 Å². The molecule has 0 saturated carbocycles. The summed E-state index contributed by atoms with van der Waals surface area (Å²) < 4.78 is 22.9. The van der Waals surface area contributed by atoms with Gasteiger partial charge in [-0.2, -0.15) is 0 Å². The van der Waals surface area contributed by atoms with Crippen LogP contribution in [0.15, 0.2) is 54.6 Å². The predicted molar refractivity (Wildman–Crippen MR) is 63.7 cm³/mol. The first kappa shape index (κ1) is 12.1. The Kier molecular flexibility index (Phi) is 3.91. The number of para-hydroxylation sites is 1. The average Bonchev–Trinajstić information content (AvgIpc) is 2.39. The number of hydrogen-bond acceptors (Lipinski definition) is 3. The average molecular weight is 246 g/mol. The highest BCUT2D eigenvalue weighted by Gasteiger charge is 2.08. The van der Waals surface area contributed by atoms with Gasteiger partial charge in [0.25, 0.3) is 0 Å². The molecule has 0 unspecified atom stereocenters. The normalized spacial score (nSPS) is 9.83. The molecule has 0 aromatic heterocycles. The van der Waals surface area contributed by atoms with Gasteiger partial charge in [0.05, 0.1) is 0 Å². The summed E-state index contributed by atoms with van der Waals surface area (Å²) in [6, 6.07) is 14.6. The molecule has 0 radical (unpaired) electrons. The molecule has 92 valence electrons. The molecule has 4 heteroatoms. The fourth-order valence-corrected chi connectivity index (χ4v) is 1.37. The number of ether oxygens (including phenoxy) is 2. The van der Waals surface area contributed by atoms with Crippen LogP contribution in [0.4, 0.5) is 9.18 Å². The SMILES string of the molecule is O=C(OCc1ccccc1F)Oc1ccccc1. The number of carbonyl (C=O) groups excluding carboxylic acids is 1. The van der Waals surface area contributed by atoms with Gasteiger partial charge in [0.15, 0.2) is 0 Å². The van der Waals surface area contributed by atoms with Gasteiger partial charge in [-0.25, -0.2) is 9.18 Å². The van der Waals surface area contributed by atoms with Crippen LogP contribution in [0.5, 0.6) is 5.75 Å². The summed E-state index contributed by atoms with van der Waals surface area (Å²) in [4.78, 5) is 11.3. The first-order chi connectivity index (χ1) is 8.75. The first-order valence-corrected chi connectivity index (χ1v) is 5.39. The summed E-state index contributed by atoms with van der Waals surface area (Å²) in [5, 5.41) is 0. The van der Waals surface area contributed by atoms with Crippen molar-refractivity contribution >= 4 is 6.16 Å². The molecule has 0 aliphatic rings. The maximum absolute atomic E-state index is 13.2. The fraction of sp³-hybridized carbons (Fsp3) is 0.0714. The molecule has 2 aromatic rings. The molecule has 0 spiro atoms. The van der Waals surface area contributed by atoms with E-state index in [1.807, 2.05) is 0 Å². The van der Waals surface area contributed by atoms with Crippen LogP contribution >= 0.6 is 0 Å². The van der Waals surface area contributed by atoms with Gasteiger partial charge in [0.1, 0.15) is 18.2 Å². The molecule has 0 aliphatic carbocycles. The lowest BCUT2D eigenvalue weighted by atomic mass is 10.2. The Bertz CT molecular complexity index is 526. The van der Waals surface area contributed by atoms with Crippen LogP contribution in [0.25, 0.3) is 0 Å². The minimum Gasteiger partial charge on any atom is -0.429 e. The molecule has 0 fully saturated rings. The van der Waals surface area contributed by atoms with E-state index in [1.165, 1.54) is 6.07 Å². The molecule has 2 rings (SSSR count). The Hall–Kier alpha value is -2.36. The molecule has 0 N–H and O–H groups in total. The monoisotopic (exact) mass is 246 g/mol. The zero-order valence-electron chi connectivity index (χ0n) is 9.51. The fourth-order valence-electron chi connectivity index (χ4n) is 1.37. The van der Waals surface area contributed by atoms with Crippen LogP contribution in [0, 0.1) is 5.82 Å². The van der Waals surface area contributed by atoms with E-state index in [4.69, 9.17) is 9.47 Å². The molecule has 0 aliphatic heterocycles. The van der Waals surface area contributed by atoms with Gasteiger partial charge < -0.3 is 9.47 Å². The number of carbonyl (C=O) groups is 1. The summed E-state index contributed by atoms with van der Waals surface area (Å²) in [7, 11) is 0. The second-order valence-corrected chi connectivity index (χ2v) is 3.55. The zero-order chi connectivity index (χ0) is 12.8. The summed E-state index contributed by atoms with van der Waals surface area (Å²) >= 11 is 0. The summed E-state index contributed by atoms with van der Waals surface area (Å²) in [6.07, 6.45) is -0.857. The van der Waals surface area contributed by atoms with Gasteiger partial charge in [0, 0.05) is 5.56 Å². The molecular formula is C14H11FO3. The minimum absolute atomic E-state index is 0.154. The molecule has 0 atom stereocenters. The molecule has 0 saturated heterocycles. The Morgan fingerprint density at radius 2 is 1.67 bits per heavy atom. The molecule has 3 nitrogen and oxygen atoms in total. The van der Waals surface area contributed by atoms with Crippen molar-refractivity contribution in [2.24, 2.45) is 0 Å². The third-order valence-electron chi connectivity index (χ3n) is 2.25. The van der Waals surface area contributed by atoms with Crippen molar-refractivity contribution in [3.05, 3.63) is 66.0 Å². The second-order valence-electron chi connectivity index (χ2n) is 3.55. The Morgan fingerprint density at radius 3 is 2.39 bits per heavy atom. The van der Waals surface area contributed by atoms with Gasteiger partial charge in [-0.3, -0.25) is 0 Å². The van der Waals surface area contributed by atoms with Crippen LogP contribution in [0.1, 0.15) is 5.56 Å². The topological polar surface area (TPSA) is 35.5 Å². The van der Waals surface area contributed by atoms with E-state index in [0.29, 0.717) is 11.3 Å². The largest absolute Gasteiger partial charge is 0.514 e. The summed E-state index contributed by atoms with van der Waals surface area (Å²) in [5.41, 5.74) is 0.308. The number of hydrogen-bond donors (Lipinski definition) is 0. The molecular weight excluding hydrogens is 235 g/mol. The van der Waals surface area contributed by atoms with Gasteiger partial charge in [-0.15, -0.1) is 0 Å². The van der Waals surface area contributed by atoms with Crippen LogP contribution < -0.4 is 4.74 Å². The van der Waals surface area contributed by atoms with E-state index < -0.39 is 12.0 Å². The van der Waals surface area contributed by atoms with E-state index in [9.17, 15) is 9.18 Å². The van der Waals surface area contributed by atoms with Gasteiger partial charge in [0.2, 0.25) is 0 Å². The number of benzene rings is 2. The lowest BCUT2D eigenvalue weighted by molar-refractivity contribution is 0.0918. The van der Waals surface area contributed by atoms with Crippen molar-refractivity contribution in [3.8, 4) is 5.75 Å².